The van der Waals surface area contributed by atoms with Crippen LogP contribution >= 0.6 is 0 Å². The van der Waals surface area contributed by atoms with Crippen LogP contribution in [0.25, 0.3) is 5.69 Å². The smallest absolute Gasteiger partial charge is 0.247 e. The Balaban J connectivity index is 1.34. The highest BCUT2D eigenvalue weighted by atomic mass is 19.1. The maximum absolute atomic E-state index is 15.5. The van der Waals surface area contributed by atoms with Gasteiger partial charge in [-0.3, -0.25) is 4.90 Å². The molecule has 0 radical (unpaired) electrons. The van der Waals surface area contributed by atoms with Crippen molar-refractivity contribution in [2.75, 3.05) is 36.9 Å². The summed E-state index contributed by atoms with van der Waals surface area (Å²) < 4.78 is 49.3. The number of morpholine rings is 1. The highest BCUT2D eigenvalue weighted by molar-refractivity contribution is 5.65. The molecular weight excluding hydrogens is 445 g/mol. The molecule has 34 heavy (non-hydrogen) atoms. The van der Waals surface area contributed by atoms with E-state index in [0.717, 1.165) is 69.3 Å². The number of ether oxygens (including phenoxy) is 1. The molecule has 1 saturated heterocycles. The van der Waals surface area contributed by atoms with Crippen LogP contribution in [-0.2, 0) is 4.74 Å². The highest BCUT2D eigenvalue weighted by Gasteiger charge is 2.33. The van der Waals surface area contributed by atoms with E-state index in [1.54, 1.807) is 12.1 Å². The van der Waals surface area contributed by atoms with Crippen LogP contribution < -0.4 is 10.6 Å². The molecule has 2 aliphatic rings. The van der Waals surface area contributed by atoms with Gasteiger partial charge in [0.2, 0.25) is 5.95 Å². The van der Waals surface area contributed by atoms with Crippen molar-refractivity contribution in [2.24, 2.45) is 0 Å². The number of rotatable bonds is 6. The molecule has 7 nitrogen and oxygen atoms in total. The predicted molar refractivity (Wildman–Crippen MR) is 123 cm³/mol. The number of nitrogens with zero attached hydrogens (tertiary/aromatic N) is 4. The van der Waals surface area contributed by atoms with Gasteiger partial charge in [-0.2, -0.15) is 4.98 Å². The van der Waals surface area contributed by atoms with Crippen LogP contribution in [0, 0.1) is 24.4 Å². The Morgan fingerprint density at radius 2 is 1.71 bits per heavy atom. The van der Waals surface area contributed by atoms with E-state index in [1.807, 2.05) is 6.92 Å². The Morgan fingerprint density at radius 1 is 0.971 bits per heavy atom. The maximum Gasteiger partial charge on any atom is 0.247 e. The molecule has 180 valence electrons. The molecule has 1 aliphatic carbocycles. The summed E-state index contributed by atoms with van der Waals surface area (Å²) in [6.07, 6.45) is 4.47. The number of nitrogens with one attached hydrogen (secondary N) is 2. The first-order valence-corrected chi connectivity index (χ1v) is 11.5. The van der Waals surface area contributed by atoms with Gasteiger partial charge in [0.1, 0.15) is 18.0 Å². The molecule has 3 aromatic rings. The minimum atomic E-state index is -0.720. The van der Waals surface area contributed by atoms with Gasteiger partial charge in [0.25, 0.3) is 0 Å². The van der Waals surface area contributed by atoms with Crippen molar-refractivity contribution >= 4 is 17.3 Å². The highest BCUT2D eigenvalue weighted by Crippen LogP contribution is 2.32. The van der Waals surface area contributed by atoms with Crippen molar-refractivity contribution in [1.82, 2.24) is 19.7 Å². The Kier molecular flexibility index (Phi) is 6.42. The molecule has 2 fully saturated rings. The summed E-state index contributed by atoms with van der Waals surface area (Å²) in [5.41, 5.74) is 1.71. The van der Waals surface area contributed by atoms with Crippen LogP contribution in [0.3, 0.4) is 0 Å². The summed E-state index contributed by atoms with van der Waals surface area (Å²) in [6.45, 7) is 5.16. The van der Waals surface area contributed by atoms with Gasteiger partial charge in [0, 0.05) is 31.2 Å². The van der Waals surface area contributed by atoms with Gasteiger partial charge in [-0.05, 0) is 56.0 Å². The Hall–Kier alpha value is -3.11. The first-order valence-electron chi connectivity index (χ1n) is 11.5. The minimum Gasteiger partial charge on any atom is -0.379 e. The third kappa shape index (κ3) is 4.88. The molecule has 10 heteroatoms. The third-order valence-corrected chi connectivity index (χ3v) is 6.40. The maximum atomic E-state index is 15.5. The third-order valence-electron chi connectivity index (χ3n) is 6.40. The predicted octanol–water partition coefficient (Wildman–Crippen LogP) is 4.40. The summed E-state index contributed by atoms with van der Waals surface area (Å²) in [4.78, 5) is 6.55. The van der Waals surface area contributed by atoms with E-state index >= 15 is 4.39 Å². The quantitative estimate of drug-likeness (QED) is 0.554. The van der Waals surface area contributed by atoms with Crippen LogP contribution in [-0.4, -0.2) is 58.1 Å². The van der Waals surface area contributed by atoms with Crippen LogP contribution in [0.5, 0.6) is 0 Å². The Labute approximate surface area is 195 Å². The number of aryl methyl sites for hydroxylation is 1. The van der Waals surface area contributed by atoms with Crippen molar-refractivity contribution < 1.29 is 17.9 Å². The normalized spacial score (nSPS) is 21.1. The molecule has 5 rings (SSSR count). The van der Waals surface area contributed by atoms with Gasteiger partial charge in [-0.15, -0.1) is 5.10 Å². The van der Waals surface area contributed by atoms with E-state index in [1.165, 1.54) is 11.0 Å². The van der Waals surface area contributed by atoms with Gasteiger partial charge in [-0.25, -0.2) is 17.9 Å². The van der Waals surface area contributed by atoms with E-state index in [2.05, 4.69) is 25.6 Å². The molecular formula is C24H27F3N6O. The lowest BCUT2D eigenvalue weighted by molar-refractivity contribution is 0.0161. The molecule has 0 spiro atoms. The average molecular weight is 473 g/mol. The second-order valence-corrected chi connectivity index (χ2v) is 8.84. The molecule has 2 atom stereocenters. The van der Waals surface area contributed by atoms with Crippen LogP contribution in [0.2, 0.25) is 0 Å². The molecule has 2 aromatic carbocycles. The first-order chi connectivity index (χ1) is 16.5. The van der Waals surface area contributed by atoms with E-state index < -0.39 is 17.5 Å². The molecule has 2 unspecified atom stereocenters. The van der Waals surface area contributed by atoms with Crippen LogP contribution in [0.1, 0.15) is 24.8 Å². The monoisotopic (exact) mass is 472 g/mol. The van der Waals surface area contributed by atoms with Gasteiger partial charge in [0.05, 0.1) is 30.3 Å². The number of aromatic nitrogens is 3. The number of halogens is 3. The van der Waals surface area contributed by atoms with Crippen LogP contribution in [0.4, 0.5) is 30.5 Å². The standard InChI is InChI=1S/C24H27F3N6O/c1-15-9-20(29-19-3-2-4-22(19)32-5-7-34-8-6-32)23(27)21(10-15)30-24-28-14-33(31-24)18-12-16(25)11-17(26)13-18/h9-14,19,22,29H,2-8H2,1H3,(H,30,31). The summed E-state index contributed by atoms with van der Waals surface area (Å²) in [6, 6.07) is 7.05. The number of benzene rings is 2. The van der Waals surface area contributed by atoms with E-state index in [-0.39, 0.29) is 23.4 Å². The summed E-state index contributed by atoms with van der Waals surface area (Å²) in [7, 11) is 0. The molecule has 2 heterocycles. The molecule has 1 aliphatic heterocycles. The van der Waals surface area contributed by atoms with E-state index in [9.17, 15) is 8.78 Å². The topological polar surface area (TPSA) is 67.2 Å². The average Bonchev–Trinajstić information content (AvgIpc) is 3.47. The SMILES string of the molecule is Cc1cc(Nc2ncn(-c3cc(F)cc(F)c3)n2)c(F)c(NC2CCCC2N2CCOCC2)c1. The fourth-order valence-electron chi connectivity index (χ4n) is 4.86. The van der Waals surface area contributed by atoms with Crippen molar-refractivity contribution in [2.45, 2.75) is 38.3 Å². The molecule has 0 bridgehead atoms. The largest absolute Gasteiger partial charge is 0.379 e. The number of hydrogen-bond donors (Lipinski definition) is 2. The lowest BCUT2D eigenvalue weighted by Crippen LogP contribution is -2.48. The fourth-order valence-corrected chi connectivity index (χ4v) is 4.86. The van der Waals surface area contributed by atoms with Gasteiger partial charge in [0.15, 0.2) is 5.82 Å². The number of hydrogen-bond acceptors (Lipinski definition) is 6. The van der Waals surface area contributed by atoms with Crippen molar-refractivity contribution in [1.29, 1.82) is 0 Å². The molecule has 2 N–H and O–H groups in total. The molecule has 0 amide bonds. The summed E-state index contributed by atoms with van der Waals surface area (Å²) in [5.74, 6) is -1.75. The zero-order chi connectivity index (χ0) is 23.7. The molecule has 1 saturated carbocycles. The van der Waals surface area contributed by atoms with Gasteiger partial charge >= 0.3 is 0 Å². The second-order valence-electron chi connectivity index (χ2n) is 8.84. The van der Waals surface area contributed by atoms with Crippen molar-refractivity contribution in [3.63, 3.8) is 0 Å². The van der Waals surface area contributed by atoms with E-state index in [4.69, 9.17) is 4.74 Å². The minimum absolute atomic E-state index is 0.118. The zero-order valence-corrected chi connectivity index (χ0v) is 18.9. The van der Waals surface area contributed by atoms with Crippen molar-refractivity contribution in [3.05, 3.63) is 59.7 Å². The lowest BCUT2D eigenvalue weighted by Gasteiger charge is -2.36. The number of anilines is 3. The summed E-state index contributed by atoms with van der Waals surface area (Å²) in [5, 5.41) is 10.5. The zero-order valence-electron chi connectivity index (χ0n) is 18.9. The Bertz CT molecular complexity index is 1140. The second kappa shape index (κ2) is 9.63. The van der Waals surface area contributed by atoms with E-state index in [0.29, 0.717) is 11.7 Å². The fraction of sp³-hybridized carbons (Fsp3) is 0.417. The lowest BCUT2D eigenvalue weighted by atomic mass is 10.1. The van der Waals surface area contributed by atoms with Gasteiger partial charge in [-0.1, -0.05) is 0 Å². The Morgan fingerprint density at radius 3 is 2.47 bits per heavy atom. The first kappa shape index (κ1) is 22.7. The van der Waals surface area contributed by atoms with Crippen molar-refractivity contribution in [3.8, 4) is 5.69 Å². The van der Waals surface area contributed by atoms with Gasteiger partial charge < -0.3 is 15.4 Å². The van der Waals surface area contributed by atoms with Crippen LogP contribution in [0.15, 0.2) is 36.7 Å². The summed E-state index contributed by atoms with van der Waals surface area (Å²) >= 11 is 0. The molecule has 1 aromatic heterocycles.